The number of amides is 1. The van der Waals surface area contributed by atoms with Gasteiger partial charge in [-0.15, -0.1) is 0 Å². The summed E-state index contributed by atoms with van der Waals surface area (Å²) in [5, 5.41) is 2.25. The molecule has 3 rings (SSSR count). The number of anilines is 1. The van der Waals surface area contributed by atoms with Crippen LogP contribution in [-0.4, -0.2) is 50.2 Å². The fraction of sp³-hybridized carbons (Fsp3) is 0.562. The SMILES string of the molecule is O=C(CN1CC(S(=O)(=O)NC2CCCC2)C1)Nc1ccc(F)cc1Cl. The van der Waals surface area contributed by atoms with Crippen LogP contribution in [0.15, 0.2) is 18.2 Å². The Labute approximate surface area is 151 Å². The van der Waals surface area contributed by atoms with Gasteiger partial charge in [-0.1, -0.05) is 24.4 Å². The third-order valence-electron chi connectivity index (χ3n) is 4.62. The molecule has 1 amide bonds. The highest BCUT2D eigenvalue weighted by molar-refractivity contribution is 7.90. The summed E-state index contributed by atoms with van der Waals surface area (Å²) >= 11 is 5.87. The number of nitrogens with one attached hydrogen (secondary N) is 2. The van der Waals surface area contributed by atoms with Crippen LogP contribution in [0.3, 0.4) is 0 Å². The van der Waals surface area contributed by atoms with Crippen molar-refractivity contribution in [2.24, 2.45) is 0 Å². The monoisotopic (exact) mass is 389 g/mol. The van der Waals surface area contributed by atoms with E-state index in [-0.39, 0.29) is 23.5 Å². The number of sulfonamides is 1. The molecule has 6 nitrogen and oxygen atoms in total. The quantitative estimate of drug-likeness (QED) is 0.779. The highest BCUT2D eigenvalue weighted by Crippen LogP contribution is 2.24. The zero-order valence-electron chi connectivity index (χ0n) is 13.7. The Bertz CT molecular complexity index is 747. The molecule has 2 N–H and O–H groups in total. The lowest BCUT2D eigenvalue weighted by Crippen LogP contribution is -2.59. The molecular formula is C16H21ClFN3O3S. The second-order valence-electron chi connectivity index (χ2n) is 6.63. The van der Waals surface area contributed by atoms with E-state index in [1.54, 1.807) is 4.90 Å². The molecule has 1 aliphatic heterocycles. The number of nitrogens with zero attached hydrogens (tertiary/aromatic N) is 1. The van der Waals surface area contributed by atoms with Crippen molar-refractivity contribution in [3.05, 3.63) is 29.0 Å². The fourth-order valence-electron chi connectivity index (χ4n) is 3.20. The second kappa shape index (κ2) is 7.57. The maximum Gasteiger partial charge on any atom is 0.238 e. The van der Waals surface area contributed by atoms with Crippen molar-refractivity contribution in [3.8, 4) is 0 Å². The fourth-order valence-corrected chi connectivity index (χ4v) is 5.13. The molecule has 1 saturated heterocycles. The summed E-state index contributed by atoms with van der Waals surface area (Å²) in [7, 11) is -3.33. The number of hydrogen-bond donors (Lipinski definition) is 2. The van der Waals surface area contributed by atoms with Gasteiger partial charge < -0.3 is 5.32 Å². The smallest absolute Gasteiger partial charge is 0.238 e. The van der Waals surface area contributed by atoms with Gasteiger partial charge in [0.2, 0.25) is 15.9 Å². The number of carbonyl (C=O) groups excluding carboxylic acids is 1. The van der Waals surface area contributed by atoms with Crippen molar-refractivity contribution in [1.82, 2.24) is 9.62 Å². The van der Waals surface area contributed by atoms with Crippen LogP contribution >= 0.6 is 11.6 Å². The highest BCUT2D eigenvalue weighted by atomic mass is 35.5. The first kappa shape index (κ1) is 18.6. The van der Waals surface area contributed by atoms with Crippen molar-refractivity contribution in [2.75, 3.05) is 25.0 Å². The Morgan fingerprint density at radius 1 is 1.28 bits per heavy atom. The van der Waals surface area contributed by atoms with E-state index in [4.69, 9.17) is 11.6 Å². The molecule has 0 bridgehead atoms. The Morgan fingerprint density at radius 3 is 2.60 bits per heavy atom. The van der Waals surface area contributed by atoms with E-state index in [0.717, 1.165) is 31.7 Å². The molecule has 1 aromatic carbocycles. The van der Waals surface area contributed by atoms with Crippen LogP contribution in [0, 0.1) is 5.82 Å². The molecule has 1 heterocycles. The first-order chi connectivity index (χ1) is 11.8. The van der Waals surface area contributed by atoms with E-state index in [9.17, 15) is 17.6 Å². The molecule has 0 unspecified atom stereocenters. The lowest BCUT2D eigenvalue weighted by Gasteiger charge is -2.38. The second-order valence-corrected chi connectivity index (χ2v) is 9.03. The molecular weight excluding hydrogens is 369 g/mol. The molecule has 1 aromatic rings. The normalized spacial score (nSPS) is 19.8. The predicted octanol–water partition coefficient (Wildman–Crippen LogP) is 1.96. The van der Waals surface area contributed by atoms with E-state index in [1.165, 1.54) is 12.1 Å². The Kier molecular flexibility index (Phi) is 5.62. The molecule has 1 aliphatic carbocycles. The van der Waals surface area contributed by atoms with E-state index in [2.05, 4.69) is 10.0 Å². The zero-order chi connectivity index (χ0) is 18.0. The highest BCUT2D eigenvalue weighted by Gasteiger charge is 2.39. The van der Waals surface area contributed by atoms with Crippen LogP contribution in [0.25, 0.3) is 0 Å². The largest absolute Gasteiger partial charge is 0.324 e. The van der Waals surface area contributed by atoms with Crippen LogP contribution in [0.2, 0.25) is 5.02 Å². The maximum atomic E-state index is 13.0. The zero-order valence-corrected chi connectivity index (χ0v) is 15.2. The van der Waals surface area contributed by atoms with Gasteiger partial charge in [-0.2, -0.15) is 0 Å². The van der Waals surface area contributed by atoms with E-state index in [0.29, 0.717) is 18.8 Å². The van der Waals surface area contributed by atoms with Crippen LogP contribution in [0.1, 0.15) is 25.7 Å². The van der Waals surface area contributed by atoms with E-state index in [1.807, 2.05) is 0 Å². The molecule has 138 valence electrons. The molecule has 25 heavy (non-hydrogen) atoms. The van der Waals surface area contributed by atoms with Gasteiger partial charge in [0.15, 0.2) is 0 Å². The van der Waals surface area contributed by atoms with Crippen LogP contribution in [-0.2, 0) is 14.8 Å². The number of benzene rings is 1. The van der Waals surface area contributed by atoms with Gasteiger partial charge in [0, 0.05) is 19.1 Å². The third kappa shape index (κ3) is 4.69. The number of rotatable bonds is 6. The molecule has 0 spiro atoms. The van der Waals surface area contributed by atoms with Crippen molar-refractivity contribution in [1.29, 1.82) is 0 Å². The summed E-state index contributed by atoms with van der Waals surface area (Å²) in [4.78, 5) is 13.8. The minimum absolute atomic E-state index is 0.0583. The summed E-state index contributed by atoms with van der Waals surface area (Å²) in [6.45, 7) is 0.725. The number of hydrogen-bond acceptors (Lipinski definition) is 4. The van der Waals surface area contributed by atoms with Crippen molar-refractivity contribution >= 4 is 33.2 Å². The van der Waals surface area contributed by atoms with E-state index >= 15 is 0 Å². The Balaban J connectivity index is 1.45. The minimum Gasteiger partial charge on any atom is -0.324 e. The van der Waals surface area contributed by atoms with Gasteiger partial charge in [-0.3, -0.25) is 9.69 Å². The van der Waals surface area contributed by atoms with Gasteiger partial charge >= 0.3 is 0 Å². The number of likely N-dealkylation sites (tertiary alicyclic amines) is 1. The molecule has 1 saturated carbocycles. The summed E-state index contributed by atoms with van der Waals surface area (Å²) in [6.07, 6.45) is 3.93. The summed E-state index contributed by atoms with van der Waals surface area (Å²) in [6, 6.07) is 3.79. The average Bonchev–Trinajstić information content (AvgIpc) is 2.97. The molecule has 0 radical (unpaired) electrons. The molecule has 9 heteroatoms. The van der Waals surface area contributed by atoms with Crippen LogP contribution in [0.4, 0.5) is 10.1 Å². The first-order valence-corrected chi connectivity index (χ1v) is 10.2. The van der Waals surface area contributed by atoms with Crippen molar-refractivity contribution in [3.63, 3.8) is 0 Å². The minimum atomic E-state index is -3.33. The lowest BCUT2D eigenvalue weighted by atomic mass is 10.2. The average molecular weight is 390 g/mol. The van der Waals surface area contributed by atoms with Gasteiger partial charge in [0.1, 0.15) is 11.1 Å². The maximum absolute atomic E-state index is 13.0. The van der Waals surface area contributed by atoms with Gasteiger partial charge in [-0.25, -0.2) is 17.5 Å². The summed E-state index contributed by atoms with van der Waals surface area (Å²) < 4.78 is 40.3. The molecule has 2 fully saturated rings. The Morgan fingerprint density at radius 2 is 1.96 bits per heavy atom. The Hall–Kier alpha value is -1.22. The van der Waals surface area contributed by atoms with Crippen LogP contribution in [0.5, 0.6) is 0 Å². The lowest BCUT2D eigenvalue weighted by molar-refractivity contribution is -0.118. The van der Waals surface area contributed by atoms with Gasteiger partial charge in [0.05, 0.1) is 17.3 Å². The van der Waals surface area contributed by atoms with E-state index < -0.39 is 21.1 Å². The molecule has 0 atom stereocenters. The standard InChI is InChI=1S/C16H21ClFN3O3S/c17-14-7-11(18)5-6-15(14)19-16(22)10-21-8-13(9-21)25(23,24)20-12-3-1-2-4-12/h5-7,12-13,20H,1-4,8-10H2,(H,19,22). The van der Waals surface area contributed by atoms with Gasteiger partial charge in [-0.05, 0) is 31.0 Å². The van der Waals surface area contributed by atoms with Crippen molar-refractivity contribution < 1.29 is 17.6 Å². The first-order valence-electron chi connectivity index (χ1n) is 8.32. The molecule has 2 aliphatic rings. The summed E-state index contributed by atoms with van der Waals surface area (Å²) in [5.41, 5.74) is 0.334. The summed E-state index contributed by atoms with van der Waals surface area (Å²) in [5.74, 6) is -0.790. The van der Waals surface area contributed by atoms with Crippen molar-refractivity contribution in [2.45, 2.75) is 37.0 Å². The van der Waals surface area contributed by atoms with Gasteiger partial charge in [0.25, 0.3) is 0 Å². The predicted molar refractivity (Wildman–Crippen MR) is 94.6 cm³/mol. The topological polar surface area (TPSA) is 78.5 Å². The third-order valence-corrected chi connectivity index (χ3v) is 6.77. The van der Waals surface area contributed by atoms with Crippen LogP contribution < -0.4 is 10.0 Å². The number of halogens is 2. The molecule has 0 aromatic heterocycles. The number of carbonyl (C=O) groups is 1.